The minimum absolute atomic E-state index is 0.00367. The highest BCUT2D eigenvalue weighted by molar-refractivity contribution is 7.90. The molecule has 1 aliphatic rings. The molecule has 15 heavy (non-hydrogen) atoms. The third kappa shape index (κ3) is 4.06. The van der Waals surface area contributed by atoms with Gasteiger partial charge < -0.3 is 9.84 Å². The zero-order valence-corrected chi connectivity index (χ0v) is 9.79. The Balaban J connectivity index is 2.43. The lowest BCUT2D eigenvalue weighted by Crippen LogP contribution is -2.40. The van der Waals surface area contributed by atoms with E-state index in [1.165, 1.54) is 0 Å². The van der Waals surface area contributed by atoms with Gasteiger partial charge in [0.05, 0.1) is 5.25 Å². The lowest BCUT2D eigenvalue weighted by molar-refractivity contribution is 0.0981. The summed E-state index contributed by atoms with van der Waals surface area (Å²) >= 11 is 0. The summed E-state index contributed by atoms with van der Waals surface area (Å²) in [5.74, 6) is -0.0420. The van der Waals surface area contributed by atoms with Crippen LogP contribution in [-0.2, 0) is 14.8 Å². The minimum Gasteiger partial charge on any atom is -0.396 e. The minimum atomic E-state index is -3.23. The highest BCUT2D eigenvalue weighted by Gasteiger charge is 2.27. The van der Waals surface area contributed by atoms with Gasteiger partial charge in [0.25, 0.3) is 0 Å². The fraction of sp³-hybridized carbons (Fsp3) is 1.00. The second-order valence-electron chi connectivity index (χ2n) is 3.99. The Hall–Kier alpha value is -0.170. The molecule has 1 atom stereocenters. The molecule has 5 nitrogen and oxygen atoms in total. The van der Waals surface area contributed by atoms with Crippen LogP contribution in [0.5, 0.6) is 0 Å². The second kappa shape index (κ2) is 5.79. The standard InChI is InChI=1S/C9H19NO4S/c1-8(7-11)6-10-15(12,13)9-2-4-14-5-3-9/h8-11H,2-7H2,1H3. The van der Waals surface area contributed by atoms with Crippen molar-refractivity contribution < 1.29 is 18.3 Å². The van der Waals surface area contributed by atoms with Gasteiger partial charge in [-0.3, -0.25) is 0 Å². The maximum atomic E-state index is 11.8. The van der Waals surface area contributed by atoms with Crippen LogP contribution < -0.4 is 4.72 Å². The first-order chi connectivity index (χ1) is 7.06. The average Bonchev–Trinajstić information content (AvgIpc) is 2.27. The Bertz CT molecular complexity index is 272. The highest BCUT2D eigenvalue weighted by atomic mass is 32.2. The fourth-order valence-electron chi connectivity index (χ4n) is 1.43. The molecule has 2 N–H and O–H groups in total. The van der Waals surface area contributed by atoms with Crippen molar-refractivity contribution >= 4 is 10.0 Å². The molecule has 6 heteroatoms. The summed E-state index contributed by atoms with van der Waals surface area (Å²) in [6.45, 7) is 3.13. The predicted molar refractivity (Wildman–Crippen MR) is 57.0 cm³/mol. The highest BCUT2D eigenvalue weighted by Crippen LogP contribution is 2.14. The van der Waals surface area contributed by atoms with Gasteiger partial charge in [-0.15, -0.1) is 0 Å². The molecule has 90 valence electrons. The van der Waals surface area contributed by atoms with E-state index in [0.717, 1.165) is 0 Å². The third-order valence-corrected chi connectivity index (χ3v) is 4.47. The summed E-state index contributed by atoms with van der Waals surface area (Å²) in [4.78, 5) is 0. The Morgan fingerprint density at radius 3 is 2.60 bits per heavy atom. The molecule has 0 spiro atoms. The number of hydrogen-bond acceptors (Lipinski definition) is 4. The Kier molecular flexibility index (Phi) is 4.98. The normalized spacial score (nSPS) is 21.5. The van der Waals surface area contributed by atoms with Crippen molar-refractivity contribution in [2.45, 2.75) is 25.0 Å². The van der Waals surface area contributed by atoms with E-state index in [2.05, 4.69) is 4.72 Å². The molecule has 0 saturated carbocycles. The van der Waals surface area contributed by atoms with Crippen LogP contribution >= 0.6 is 0 Å². The Morgan fingerprint density at radius 1 is 1.47 bits per heavy atom. The van der Waals surface area contributed by atoms with Crippen LogP contribution in [0.4, 0.5) is 0 Å². The second-order valence-corrected chi connectivity index (χ2v) is 6.04. The van der Waals surface area contributed by atoms with Crippen molar-refractivity contribution in [2.75, 3.05) is 26.4 Å². The summed E-state index contributed by atoms with van der Waals surface area (Å²) in [5, 5.41) is 8.45. The van der Waals surface area contributed by atoms with E-state index in [4.69, 9.17) is 9.84 Å². The van der Waals surface area contributed by atoms with Gasteiger partial charge in [-0.05, 0) is 18.8 Å². The molecular formula is C9H19NO4S. The van der Waals surface area contributed by atoms with E-state index in [-0.39, 0.29) is 17.8 Å². The molecule has 0 aromatic heterocycles. The van der Waals surface area contributed by atoms with Gasteiger partial charge in [-0.1, -0.05) is 6.92 Å². The first-order valence-electron chi connectivity index (χ1n) is 5.23. The molecule has 1 saturated heterocycles. The van der Waals surface area contributed by atoms with Crippen LogP contribution in [-0.4, -0.2) is 45.1 Å². The van der Waals surface area contributed by atoms with Crippen LogP contribution in [0.2, 0.25) is 0 Å². The first-order valence-corrected chi connectivity index (χ1v) is 6.78. The molecule has 0 aromatic carbocycles. The SMILES string of the molecule is CC(CO)CNS(=O)(=O)C1CCOCC1. The molecule has 1 heterocycles. The summed E-state index contributed by atoms with van der Waals surface area (Å²) in [6.07, 6.45) is 1.12. The van der Waals surface area contributed by atoms with Crippen molar-refractivity contribution in [3.05, 3.63) is 0 Å². The number of nitrogens with one attached hydrogen (secondary N) is 1. The molecule has 0 amide bonds. The number of aliphatic hydroxyl groups excluding tert-OH is 1. The lowest BCUT2D eigenvalue weighted by Gasteiger charge is -2.23. The number of sulfonamides is 1. The zero-order valence-electron chi connectivity index (χ0n) is 8.98. The van der Waals surface area contributed by atoms with Gasteiger partial charge in [0, 0.05) is 26.4 Å². The molecule has 0 radical (unpaired) electrons. The van der Waals surface area contributed by atoms with E-state index in [1.807, 2.05) is 0 Å². The van der Waals surface area contributed by atoms with Gasteiger partial charge in [0.15, 0.2) is 0 Å². The quantitative estimate of drug-likeness (QED) is 0.689. The number of aliphatic hydroxyl groups is 1. The van der Waals surface area contributed by atoms with Gasteiger partial charge >= 0.3 is 0 Å². The van der Waals surface area contributed by atoms with E-state index >= 15 is 0 Å². The topological polar surface area (TPSA) is 75.6 Å². The van der Waals surface area contributed by atoms with E-state index in [9.17, 15) is 8.42 Å². The number of hydrogen-bond donors (Lipinski definition) is 2. The van der Waals surface area contributed by atoms with Crippen LogP contribution in [0, 0.1) is 5.92 Å². The summed E-state index contributed by atoms with van der Waals surface area (Å²) in [7, 11) is -3.23. The smallest absolute Gasteiger partial charge is 0.214 e. The molecule has 1 rings (SSSR count). The van der Waals surface area contributed by atoms with Crippen LogP contribution in [0.15, 0.2) is 0 Å². The van der Waals surface area contributed by atoms with Gasteiger partial charge in [-0.25, -0.2) is 13.1 Å². The van der Waals surface area contributed by atoms with Crippen LogP contribution in [0.3, 0.4) is 0 Å². The van der Waals surface area contributed by atoms with Crippen molar-refractivity contribution in [2.24, 2.45) is 5.92 Å². The van der Waals surface area contributed by atoms with E-state index in [1.54, 1.807) is 6.92 Å². The van der Waals surface area contributed by atoms with Crippen molar-refractivity contribution in [1.29, 1.82) is 0 Å². The van der Waals surface area contributed by atoms with Crippen LogP contribution in [0.25, 0.3) is 0 Å². The number of ether oxygens (including phenoxy) is 1. The summed E-state index contributed by atoms with van der Waals surface area (Å²) < 4.78 is 31.2. The van der Waals surface area contributed by atoms with Gasteiger partial charge in [0.2, 0.25) is 10.0 Å². The van der Waals surface area contributed by atoms with Gasteiger partial charge in [0.1, 0.15) is 0 Å². The van der Waals surface area contributed by atoms with Crippen molar-refractivity contribution in [1.82, 2.24) is 4.72 Å². The van der Waals surface area contributed by atoms with Crippen molar-refractivity contribution in [3.63, 3.8) is 0 Å². The predicted octanol–water partition coefficient (Wildman–Crippen LogP) is -0.287. The largest absolute Gasteiger partial charge is 0.396 e. The Morgan fingerprint density at radius 2 is 2.07 bits per heavy atom. The fourth-order valence-corrected chi connectivity index (χ4v) is 2.99. The third-order valence-electron chi connectivity index (χ3n) is 2.55. The molecule has 0 bridgehead atoms. The van der Waals surface area contributed by atoms with Crippen molar-refractivity contribution in [3.8, 4) is 0 Å². The monoisotopic (exact) mass is 237 g/mol. The molecule has 0 aliphatic carbocycles. The summed E-state index contributed by atoms with van der Waals surface area (Å²) in [6, 6.07) is 0. The first kappa shape index (κ1) is 12.9. The lowest BCUT2D eigenvalue weighted by atomic mass is 10.2. The number of rotatable bonds is 5. The van der Waals surface area contributed by atoms with E-state index in [0.29, 0.717) is 32.6 Å². The molecular weight excluding hydrogens is 218 g/mol. The van der Waals surface area contributed by atoms with Gasteiger partial charge in [-0.2, -0.15) is 0 Å². The molecule has 1 fully saturated rings. The maximum Gasteiger partial charge on any atom is 0.214 e. The van der Waals surface area contributed by atoms with Crippen LogP contribution in [0.1, 0.15) is 19.8 Å². The molecule has 0 aromatic rings. The van der Waals surface area contributed by atoms with E-state index < -0.39 is 10.0 Å². The molecule has 1 aliphatic heterocycles. The average molecular weight is 237 g/mol. The summed E-state index contributed by atoms with van der Waals surface area (Å²) in [5.41, 5.74) is 0. The zero-order chi connectivity index (χ0) is 11.3. The molecule has 1 unspecified atom stereocenters. The maximum absolute atomic E-state index is 11.8. The Labute approximate surface area is 90.9 Å².